The quantitative estimate of drug-likeness (QED) is 0.881. The van der Waals surface area contributed by atoms with E-state index in [4.69, 9.17) is 16.3 Å². The minimum absolute atomic E-state index is 0.260. The number of methoxy groups -OCH3 is 1. The molecule has 0 saturated carbocycles. The number of ether oxygens (including phenoxy) is 1. The highest BCUT2D eigenvalue weighted by Gasteiger charge is 2.22. The van der Waals surface area contributed by atoms with E-state index >= 15 is 0 Å². The third-order valence-corrected chi connectivity index (χ3v) is 2.99. The van der Waals surface area contributed by atoms with Gasteiger partial charge in [0, 0.05) is 25.0 Å². The first-order valence-electron chi connectivity index (χ1n) is 5.51. The zero-order valence-corrected chi connectivity index (χ0v) is 11.1. The average Bonchev–Trinajstić information content (AvgIpc) is 2.21. The van der Waals surface area contributed by atoms with Gasteiger partial charge in [0.2, 0.25) is 0 Å². The number of aliphatic hydroxyl groups is 1. The first-order valence-corrected chi connectivity index (χ1v) is 5.89. The molecule has 0 spiro atoms. The van der Waals surface area contributed by atoms with Crippen molar-refractivity contribution in [1.82, 2.24) is 0 Å². The van der Waals surface area contributed by atoms with Gasteiger partial charge in [0.15, 0.2) is 0 Å². The SMILES string of the molecule is COC(C)(C)CC(O)Cc1ccc(Cl)cc1F. The summed E-state index contributed by atoms with van der Waals surface area (Å²) >= 11 is 5.66. The predicted octanol–water partition coefficient (Wildman–Crippen LogP) is 3.20. The van der Waals surface area contributed by atoms with Crippen LogP contribution in [-0.2, 0) is 11.2 Å². The van der Waals surface area contributed by atoms with Crippen LogP contribution < -0.4 is 0 Å². The highest BCUT2D eigenvalue weighted by molar-refractivity contribution is 6.30. The van der Waals surface area contributed by atoms with Crippen molar-refractivity contribution in [3.63, 3.8) is 0 Å². The molecule has 0 radical (unpaired) electrons. The largest absolute Gasteiger partial charge is 0.393 e. The Hall–Kier alpha value is -0.640. The van der Waals surface area contributed by atoms with E-state index < -0.39 is 11.7 Å². The van der Waals surface area contributed by atoms with Crippen molar-refractivity contribution >= 4 is 11.6 Å². The molecule has 0 bridgehead atoms. The Labute approximate surface area is 106 Å². The van der Waals surface area contributed by atoms with Gasteiger partial charge in [-0.25, -0.2) is 4.39 Å². The van der Waals surface area contributed by atoms with Gasteiger partial charge in [0.25, 0.3) is 0 Å². The van der Waals surface area contributed by atoms with Crippen molar-refractivity contribution in [3.8, 4) is 0 Å². The predicted molar refractivity (Wildman–Crippen MR) is 66.8 cm³/mol. The highest BCUT2D eigenvalue weighted by Crippen LogP contribution is 2.20. The maximum absolute atomic E-state index is 13.5. The molecule has 1 unspecified atom stereocenters. The fourth-order valence-corrected chi connectivity index (χ4v) is 1.82. The van der Waals surface area contributed by atoms with Crippen molar-refractivity contribution in [2.24, 2.45) is 0 Å². The van der Waals surface area contributed by atoms with Crippen LogP contribution in [0.15, 0.2) is 18.2 Å². The van der Waals surface area contributed by atoms with Gasteiger partial charge in [-0.1, -0.05) is 17.7 Å². The van der Waals surface area contributed by atoms with Crippen molar-refractivity contribution in [2.45, 2.75) is 38.4 Å². The summed E-state index contributed by atoms with van der Waals surface area (Å²) in [6, 6.07) is 4.47. The molecule has 0 aliphatic heterocycles. The summed E-state index contributed by atoms with van der Waals surface area (Å²) in [5.41, 5.74) is 0.0521. The molecule has 1 aromatic rings. The van der Waals surface area contributed by atoms with Gasteiger partial charge in [0.05, 0.1) is 11.7 Å². The molecule has 1 N–H and O–H groups in total. The molecule has 4 heteroatoms. The second kappa shape index (κ2) is 5.80. The number of rotatable bonds is 5. The molecule has 1 atom stereocenters. The fraction of sp³-hybridized carbons (Fsp3) is 0.538. The molecular weight excluding hydrogens is 243 g/mol. The smallest absolute Gasteiger partial charge is 0.127 e. The van der Waals surface area contributed by atoms with E-state index in [0.29, 0.717) is 17.0 Å². The Morgan fingerprint density at radius 1 is 1.47 bits per heavy atom. The summed E-state index contributed by atoms with van der Waals surface area (Å²) in [5, 5.41) is 10.2. The third kappa shape index (κ3) is 4.62. The number of aliphatic hydroxyl groups excluding tert-OH is 1. The minimum atomic E-state index is -0.638. The van der Waals surface area contributed by atoms with Crippen LogP contribution in [0.25, 0.3) is 0 Å². The van der Waals surface area contributed by atoms with E-state index in [1.54, 1.807) is 19.2 Å². The van der Waals surface area contributed by atoms with Crippen molar-refractivity contribution in [1.29, 1.82) is 0 Å². The number of hydrogen-bond donors (Lipinski definition) is 1. The van der Waals surface area contributed by atoms with Gasteiger partial charge < -0.3 is 9.84 Å². The maximum atomic E-state index is 13.5. The van der Waals surface area contributed by atoms with E-state index in [0.717, 1.165) is 0 Å². The molecule has 17 heavy (non-hydrogen) atoms. The lowest BCUT2D eigenvalue weighted by Gasteiger charge is -2.25. The highest BCUT2D eigenvalue weighted by atomic mass is 35.5. The molecule has 2 nitrogen and oxygen atoms in total. The molecule has 0 aliphatic carbocycles. The molecule has 1 aromatic carbocycles. The van der Waals surface area contributed by atoms with E-state index in [1.807, 2.05) is 13.8 Å². The van der Waals surface area contributed by atoms with Gasteiger partial charge in [-0.05, 0) is 31.5 Å². The fourth-order valence-electron chi connectivity index (χ4n) is 1.66. The van der Waals surface area contributed by atoms with Crippen molar-refractivity contribution in [3.05, 3.63) is 34.6 Å². The summed E-state index contributed by atoms with van der Waals surface area (Å²) in [6.45, 7) is 3.77. The number of benzene rings is 1. The van der Waals surface area contributed by atoms with Crippen molar-refractivity contribution in [2.75, 3.05) is 7.11 Å². The molecular formula is C13H18ClFO2. The van der Waals surface area contributed by atoms with E-state index in [2.05, 4.69) is 0 Å². The summed E-state index contributed by atoms with van der Waals surface area (Å²) in [6.07, 6.45) is 0.0714. The Morgan fingerprint density at radius 3 is 2.65 bits per heavy atom. The maximum Gasteiger partial charge on any atom is 0.127 e. The third-order valence-electron chi connectivity index (χ3n) is 2.75. The summed E-state index contributed by atoms with van der Waals surface area (Å²) in [4.78, 5) is 0. The van der Waals surface area contributed by atoms with Crippen LogP contribution in [0.1, 0.15) is 25.8 Å². The van der Waals surface area contributed by atoms with Crippen LogP contribution in [0.3, 0.4) is 0 Å². The van der Waals surface area contributed by atoms with Gasteiger partial charge >= 0.3 is 0 Å². The molecule has 96 valence electrons. The zero-order chi connectivity index (χ0) is 13.1. The molecule has 0 aliphatic rings. The monoisotopic (exact) mass is 260 g/mol. The normalized spacial score (nSPS) is 13.8. The minimum Gasteiger partial charge on any atom is -0.393 e. The number of hydrogen-bond acceptors (Lipinski definition) is 2. The summed E-state index contributed by atoms with van der Waals surface area (Å²) in [7, 11) is 1.59. The lowest BCUT2D eigenvalue weighted by atomic mass is 9.96. The van der Waals surface area contributed by atoms with E-state index in [1.165, 1.54) is 6.07 Å². The summed E-state index contributed by atoms with van der Waals surface area (Å²) in [5.74, 6) is -0.383. The van der Waals surface area contributed by atoms with E-state index in [-0.39, 0.29) is 12.2 Å². The molecule has 1 rings (SSSR count). The second-order valence-corrected chi connectivity index (χ2v) is 5.20. The standard InChI is InChI=1S/C13H18ClFO2/c1-13(2,17-3)8-11(16)6-9-4-5-10(14)7-12(9)15/h4-5,7,11,16H,6,8H2,1-3H3. The first-order chi connectivity index (χ1) is 7.84. The Morgan fingerprint density at radius 2 is 2.12 bits per heavy atom. The van der Waals surface area contributed by atoms with Crippen LogP contribution in [0.2, 0.25) is 5.02 Å². The van der Waals surface area contributed by atoms with Crippen LogP contribution in [0, 0.1) is 5.82 Å². The Bertz CT molecular complexity index is 380. The summed E-state index contributed by atoms with van der Waals surface area (Å²) < 4.78 is 18.7. The van der Waals surface area contributed by atoms with Crippen LogP contribution >= 0.6 is 11.6 Å². The first kappa shape index (κ1) is 14.4. The lowest BCUT2D eigenvalue weighted by molar-refractivity contribution is -0.0192. The van der Waals surface area contributed by atoms with Gasteiger partial charge in [-0.3, -0.25) is 0 Å². The molecule has 0 saturated heterocycles. The second-order valence-electron chi connectivity index (χ2n) is 4.76. The number of halogens is 2. The Balaban J connectivity index is 2.65. The van der Waals surface area contributed by atoms with Crippen LogP contribution in [0.4, 0.5) is 4.39 Å². The van der Waals surface area contributed by atoms with Crippen LogP contribution in [0.5, 0.6) is 0 Å². The van der Waals surface area contributed by atoms with Crippen LogP contribution in [-0.4, -0.2) is 23.9 Å². The molecule has 0 heterocycles. The topological polar surface area (TPSA) is 29.5 Å². The van der Waals surface area contributed by atoms with Gasteiger partial charge in [-0.2, -0.15) is 0 Å². The zero-order valence-electron chi connectivity index (χ0n) is 10.3. The van der Waals surface area contributed by atoms with Gasteiger partial charge in [-0.15, -0.1) is 0 Å². The van der Waals surface area contributed by atoms with Gasteiger partial charge in [0.1, 0.15) is 5.82 Å². The molecule has 0 aromatic heterocycles. The molecule has 0 fully saturated rings. The Kier molecular flexibility index (Phi) is 4.92. The lowest BCUT2D eigenvalue weighted by Crippen LogP contribution is -2.29. The van der Waals surface area contributed by atoms with E-state index in [9.17, 15) is 9.50 Å². The average molecular weight is 261 g/mol. The van der Waals surface area contributed by atoms with Crippen molar-refractivity contribution < 1.29 is 14.2 Å². The molecule has 0 amide bonds.